The Morgan fingerprint density at radius 1 is 0.644 bits per heavy atom. The van der Waals surface area contributed by atoms with Gasteiger partial charge in [-0.05, 0) is 70.6 Å². The minimum Gasteiger partial charge on any atom is -0.756 e. The van der Waals surface area contributed by atoms with Crippen LogP contribution in [0.4, 0.5) is 0 Å². The lowest BCUT2D eigenvalue weighted by Crippen LogP contribution is -2.37. The second-order valence-corrected chi connectivity index (χ2v) is 16.9. The first kappa shape index (κ1) is 55.9. The molecule has 0 heterocycles. The predicted molar refractivity (Wildman–Crippen MR) is 241 cm³/mol. The van der Waals surface area contributed by atoms with E-state index in [4.69, 9.17) is 18.5 Å². The van der Waals surface area contributed by atoms with Crippen molar-refractivity contribution in [3.8, 4) is 0 Å². The van der Waals surface area contributed by atoms with Crippen LogP contribution in [0, 0.1) is 0 Å². The Morgan fingerprint density at radius 2 is 1.22 bits per heavy atom. The summed E-state index contributed by atoms with van der Waals surface area (Å²) in [6.45, 7) is 3.84. The molecule has 0 spiro atoms. The molecule has 0 rings (SSSR count). The number of ether oxygens (including phenoxy) is 2. The molecule has 0 aromatic carbocycles. The summed E-state index contributed by atoms with van der Waals surface area (Å²) in [6, 6.07) is 0. The summed E-state index contributed by atoms with van der Waals surface area (Å²) in [5.74, 6) is -1.02. The zero-order chi connectivity index (χ0) is 43.7. The lowest BCUT2D eigenvalue weighted by molar-refractivity contribution is -0.870. The quantitative estimate of drug-likeness (QED) is 0.0161. The Kier molecular flexibility index (Phi) is 37.0. The molecule has 1 N–H and O–H groups in total. The molecule has 10 nitrogen and oxygen atoms in total. The predicted octanol–water partition coefficient (Wildman–Crippen LogP) is 10.9. The van der Waals surface area contributed by atoms with Crippen molar-refractivity contribution in [2.24, 2.45) is 0 Å². The minimum atomic E-state index is -4.67. The average Bonchev–Trinajstić information content (AvgIpc) is 3.18. The smallest absolute Gasteiger partial charge is 0.306 e. The number of phosphoric ester groups is 1. The second-order valence-electron chi connectivity index (χ2n) is 15.5. The van der Waals surface area contributed by atoms with E-state index in [1.807, 2.05) is 51.5 Å². The maximum absolute atomic E-state index is 12.7. The largest absolute Gasteiger partial charge is 0.756 e. The summed E-state index contributed by atoms with van der Waals surface area (Å²) < 4.78 is 33.7. The van der Waals surface area contributed by atoms with Gasteiger partial charge in [0.1, 0.15) is 19.8 Å². The van der Waals surface area contributed by atoms with E-state index in [1.54, 1.807) is 6.08 Å². The highest BCUT2D eigenvalue weighted by Crippen LogP contribution is 2.38. The fourth-order valence-corrected chi connectivity index (χ4v) is 5.96. The highest BCUT2D eigenvalue weighted by atomic mass is 31.2. The molecule has 336 valence electrons. The molecule has 0 aromatic rings. The average molecular weight is 846 g/mol. The Bertz CT molecular complexity index is 1340. The third-order valence-electron chi connectivity index (χ3n) is 8.71. The number of quaternary nitrogens is 1. The van der Waals surface area contributed by atoms with Crippen LogP contribution in [0.5, 0.6) is 0 Å². The van der Waals surface area contributed by atoms with Crippen LogP contribution in [0.25, 0.3) is 0 Å². The zero-order valence-electron chi connectivity index (χ0n) is 37.3. The molecule has 59 heavy (non-hydrogen) atoms. The first-order valence-corrected chi connectivity index (χ1v) is 23.5. The molecule has 0 saturated carbocycles. The second kappa shape index (κ2) is 39.1. The topological polar surface area (TPSA) is 131 Å². The van der Waals surface area contributed by atoms with Crippen molar-refractivity contribution in [2.45, 2.75) is 148 Å². The summed E-state index contributed by atoms with van der Waals surface area (Å²) in [6.07, 6.45) is 47.6. The van der Waals surface area contributed by atoms with Gasteiger partial charge in [-0.15, -0.1) is 0 Å². The summed E-state index contributed by atoms with van der Waals surface area (Å²) >= 11 is 0. The molecule has 0 aliphatic rings. The molecule has 2 unspecified atom stereocenters. The van der Waals surface area contributed by atoms with Crippen LogP contribution in [-0.4, -0.2) is 81.2 Å². The number of phosphoric acid groups is 1. The van der Waals surface area contributed by atoms with Crippen LogP contribution in [0.2, 0.25) is 0 Å². The number of hydrogen-bond acceptors (Lipinski definition) is 9. The Labute approximate surface area is 358 Å². The van der Waals surface area contributed by atoms with Gasteiger partial charge in [-0.2, -0.15) is 0 Å². The summed E-state index contributed by atoms with van der Waals surface area (Å²) in [7, 11) is 1.05. The first-order valence-electron chi connectivity index (χ1n) is 22.1. The lowest BCUT2D eigenvalue weighted by Gasteiger charge is -2.28. The Balaban J connectivity index is 4.58. The number of aliphatic hydroxyl groups is 1. The van der Waals surface area contributed by atoms with Gasteiger partial charge >= 0.3 is 11.9 Å². The van der Waals surface area contributed by atoms with Crippen molar-refractivity contribution in [3.63, 3.8) is 0 Å². The SMILES string of the molecule is CC/C=C/C/C=C/C=C/C(O)CCCCCCCC(=O)O[C@H](COC(=O)CC/C=C\C/C=C\C/C=C\C/C=C\C/C=C\CCCCC)COP(=O)([O-])OCC[N+](C)(C)C. The lowest BCUT2D eigenvalue weighted by atomic mass is 10.1. The number of carbonyl (C=O) groups is 2. The molecule has 0 saturated heterocycles. The van der Waals surface area contributed by atoms with Crippen LogP contribution in [0.3, 0.4) is 0 Å². The molecule has 0 amide bonds. The van der Waals surface area contributed by atoms with Crippen molar-refractivity contribution in [2.75, 3.05) is 47.5 Å². The number of aliphatic hydroxyl groups excluding tert-OH is 1. The van der Waals surface area contributed by atoms with Crippen molar-refractivity contribution < 1.29 is 47.2 Å². The number of hydrogen-bond donors (Lipinski definition) is 1. The van der Waals surface area contributed by atoms with Gasteiger partial charge in [0.15, 0.2) is 6.10 Å². The van der Waals surface area contributed by atoms with Crippen molar-refractivity contribution in [3.05, 3.63) is 97.2 Å². The van der Waals surface area contributed by atoms with Crippen LogP contribution in [0.15, 0.2) is 97.2 Å². The zero-order valence-corrected chi connectivity index (χ0v) is 38.2. The van der Waals surface area contributed by atoms with Crippen LogP contribution in [-0.2, 0) is 32.7 Å². The van der Waals surface area contributed by atoms with E-state index in [9.17, 15) is 24.2 Å². The molecule has 0 bridgehead atoms. The first-order chi connectivity index (χ1) is 28.4. The van der Waals surface area contributed by atoms with Crippen molar-refractivity contribution in [1.82, 2.24) is 0 Å². The number of unbranched alkanes of at least 4 members (excludes halogenated alkanes) is 7. The molecular weight excluding hydrogens is 766 g/mol. The van der Waals surface area contributed by atoms with E-state index in [0.29, 0.717) is 30.3 Å². The summed E-state index contributed by atoms with van der Waals surface area (Å²) in [4.78, 5) is 37.5. The van der Waals surface area contributed by atoms with Crippen LogP contribution >= 0.6 is 7.82 Å². The number of esters is 2. The number of likely N-dealkylation sites (N-methyl/N-ethyl adjacent to an activating group) is 1. The van der Waals surface area contributed by atoms with Gasteiger partial charge in [0.25, 0.3) is 7.82 Å². The number of nitrogens with zero attached hydrogens (tertiary/aromatic N) is 1. The van der Waals surface area contributed by atoms with Gasteiger partial charge < -0.3 is 33.0 Å². The van der Waals surface area contributed by atoms with E-state index in [1.165, 1.54) is 25.7 Å². The Hall–Kier alpha value is -3.11. The van der Waals surface area contributed by atoms with E-state index in [-0.39, 0.29) is 26.1 Å². The van der Waals surface area contributed by atoms with Gasteiger partial charge in [-0.3, -0.25) is 14.2 Å². The number of allylic oxidation sites excluding steroid dienone is 15. The van der Waals surface area contributed by atoms with E-state index in [2.05, 4.69) is 74.6 Å². The normalized spacial score (nSPS) is 15.0. The summed E-state index contributed by atoms with van der Waals surface area (Å²) in [5, 5.41) is 10.2. The molecule has 0 radical (unpaired) electrons. The highest BCUT2D eigenvalue weighted by Gasteiger charge is 2.21. The standard InChI is InChI=1S/C48H80NO9P/c1-6-8-10-12-14-15-16-17-18-19-20-21-22-23-24-25-27-31-35-39-47(51)55-43-46(44-57-59(53,54)56-42-41-49(3,4)5)58-48(52)40-36-32-28-30-34-38-45(50)37-33-29-26-13-11-9-7-2/h9,11,14-15,17-18,20-21,23-24,26-27,29,31,33,37,45-46,50H,6-8,10,12-13,16,19,22,25,28,30,32,34-36,38-44H2,1-5H3/b11-9+,15-14-,18-17-,21-20-,24-23-,29-26+,31-27-,37-33+/t45?,46-/m1/s1. The number of carbonyl (C=O) groups excluding carboxylic acids is 2. The third-order valence-corrected chi connectivity index (χ3v) is 9.67. The van der Waals surface area contributed by atoms with Gasteiger partial charge in [0, 0.05) is 12.8 Å². The minimum absolute atomic E-state index is 0.0656. The van der Waals surface area contributed by atoms with Crippen LogP contribution in [0.1, 0.15) is 136 Å². The summed E-state index contributed by atoms with van der Waals surface area (Å²) in [5.41, 5.74) is 0. The van der Waals surface area contributed by atoms with Gasteiger partial charge in [-0.1, -0.05) is 150 Å². The molecule has 0 aliphatic carbocycles. The van der Waals surface area contributed by atoms with Crippen molar-refractivity contribution >= 4 is 19.8 Å². The third kappa shape index (κ3) is 42.8. The molecule has 11 heteroatoms. The monoisotopic (exact) mass is 846 g/mol. The molecule has 0 aromatic heterocycles. The van der Waals surface area contributed by atoms with Gasteiger partial charge in [0.05, 0.1) is 33.9 Å². The van der Waals surface area contributed by atoms with Crippen molar-refractivity contribution in [1.29, 1.82) is 0 Å². The molecule has 0 fully saturated rings. The van der Waals surface area contributed by atoms with Gasteiger partial charge in [0.2, 0.25) is 0 Å². The van der Waals surface area contributed by atoms with E-state index in [0.717, 1.165) is 64.2 Å². The maximum atomic E-state index is 12.7. The fraction of sp³-hybridized carbons (Fsp3) is 0.625. The van der Waals surface area contributed by atoms with E-state index >= 15 is 0 Å². The van der Waals surface area contributed by atoms with Gasteiger partial charge in [-0.25, -0.2) is 0 Å². The fourth-order valence-electron chi connectivity index (χ4n) is 5.23. The Morgan fingerprint density at radius 3 is 1.85 bits per heavy atom. The maximum Gasteiger partial charge on any atom is 0.306 e. The van der Waals surface area contributed by atoms with Crippen LogP contribution < -0.4 is 4.89 Å². The molecule has 0 aliphatic heterocycles. The van der Waals surface area contributed by atoms with E-state index < -0.39 is 38.6 Å². The highest BCUT2D eigenvalue weighted by molar-refractivity contribution is 7.45. The molecule has 3 atom stereocenters. The number of rotatable bonds is 38. The molecular formula is C48H80NO9P.